The second-order valence-corrected chi connectivity index (χ2v) is 7.92. The largest absolute Gasteiger partial charge is 0.431 e. The summed E-state index contributed by atoms with van der Waals surface area (Å²) in [5.41, 5.74) is 3.74. The highest BCUT2D eigenvalue weighted by Crippen LogP contribution is 2.36. The van der Waals surface area contributed by atoms with Gasteiger partial charge < -0.3 is 4.52 Å². The fraction of sp³-hybridized carbons (Fsp3) is 0.136. The van der Waals surface area contributed by atoms with Gasteiger partial charge in [-0.15, -0.1) is 0 Å². The van der Waals surface area contributed by atoms with Crippen LogP contribution in [0.5, 0.6) is 0 Å². The first-order valence-corrected chi connectivity index (χ1v) is 9.52. The second kappa shape index (κ2) is 7.63. The summed E-state index contributed by atoms with van der Waals surface area (Å²) in [6, 6.07) is 24.0. The van der Waals surface area contributed by atoms with Crippen LogP contribution < -0.4 is 10.6 Å². The third kappa shape index (κ3) is 3.97. The van der Waals surface area contributed by atoms with Crippen molar-refractivity contribution in [1.29, 1.82) is 0 Å². The van der Waals surface area contributed by atoms with Crippen molar-refractivity contribution in [3.05, 3.63) is 95.1 Å². The Morgan fingerprint density at radius 2 is 1.20 bits per heavy atom. The fourth-order valence-corrected chi connectivity index (χ4v) is 4.66. The maximum atomic E-state index is 12.9. The normalized spacial score (nSPS) is 10.7. The van der Waals surface area contributed by atoms with Crippen LogP contribution in [0.4, 0.5) is 0 Å². The predicted molar refractivity (Wildman–Crippen MR) is 105 cm³/mol. The molecule has 0 radical (unpaired) electrons. The molecule has 3 aromatic carbocycles. The van der Waals surface area contributed by atoms with Gasteiger partial charge in [-0.1, -0.05) is 78.4 Å². The third-order valence-electron chi connectivity index (χ3n) is 4.04. The van der Waals surface area contributed by atoms with Crippen LogP contribution in [-0.4, -0.2) is 5.97 Å². The van der Waals surface area contributed by atoms with Gasteiger partial charge in [0.15, 0.2) is 8.15 Å². The minimum absolute atomic E-state index is 0.256. The van der Waals surface area contributed by atoms with E-state index in [0.717, 1.165) is 27.3 Å². The number of rotatable bonds is 4. The third-order valence-corrected chi connectivity index (χ3v) is 5.92. The van der Waals surface area contributed by atoms with E-state index >= 15 is 0 Å². The summed E-state index contributed by atoms with van der Waals surface area (Å²) in [7, 11) is -1.20. The van der Waals surface area contributed by atoms with E-state index in [1.807, 2.05) is 93.6 Å². The molecule has 0 spiro atoms. The Bertz CT molecular complexity index is 811. The predicted octanol–water partition coefficient (Wildman–Crippen LogP) is 4.82. The standard InChI is InChI=1S/C22H21O2P/c1-16-14-17(2)21(18(3)15-16)22(23)24-25(19-10-6-4-7-11-19)20-12-8-5-9-13-20/h4-15H,1-3H3. The lowest BCUT2D eigenvalue weighted by Crippen LogP contribution is -2.17. The molecule has 126 valence electrons. The first kappa shape index (κ1) is 17.4. The van der Waals surface area contributed by atoms with Crippen LogP contribution >= 0.6 is 8.15 Å². The van der Waals surface area contributed by atoms with Gasteiger partial charge in [0, 0.05) is 10.6 Å². The number of carbonyl (C=O) groups is 1. The van der Waals surface area contributed by atoms with Crippen molar-refractivity contribution >= 4 is 24.7 Å². The number of carbonyl (C=O) groups excluding carboxylic acids is 1. The summed E-state index contributed by atoms with van der Waals surface area (Å²) >= 11 is 0. The van der Waals surface area contributed by atoms with E-state index in [1.165, 1.54) is 0 Å². The molecule has 0 unspecified atom stereocenters. The lowest BCUT2D eigenvalue weighted by molar-refractivity contribution is 0.0757. The summed E-state index contributed by atoms with van der Waals surface area (Å²) in [5.74, 6) is -0.256. The van der Waals surface area contributed by atoms with Gasteiger partial charge in [0.05, 0.1) is 5.56 Å². The van der Waals surface area contributed by atoms with E-state index in [4.69, 9.17) is 4.52 Å². The molecule has 3 aromatic rings. The second-order valence-electron chi connectivity index (χ2n) is 6.12. The molecule has 3 rings (SSSR count). The summed E-state index contributed by atoms with van der Waals surface area (Å²) in [6.45, 7) is 5.96. The molecule has 0 N–H and O–H groups in total. The highest BCUT2D eigenvalue weighted by molar-refractivity contribution is 7.69. The molecule has 2 nitrogen and oxygen atoms in total. The Kier molecular flexibility index (Phi) is 5.31. The molecule has 0 fully saturated rings. The molecular weight excluding hydrogens is 327 g/mol. The van der Waals surface area contributed by atoms with Crippen molar-refractivity contribution < 1.29 is 9.32 Å². The van der Waals surface area contributed by atoms with Crippen LogP contribution in [0.2, 0.25) is 0 Å². The first-order chi connectivity index (χ1) is 12.1. The molecule has 0 aliphatic rings. The summed E-state index contributed by atoms with van der Waals surface area (Å²) in [4.78, 5) is 12.9. The van der Waals surface area contributed by atoms with Crippen molar-refractivity contribution in [2.24, 2.45) is 0 Å². The summed E-state index contributed by atoms with van der Waals surface area (Å²) in [6.07, 6.45) is 0. The van der Waals surface area contributed by atoms with Crippen molar-refractivity contribution in [2.75, 3.05) is 0 Å². The van der Waals surface area contributed by atoms with Gasteiger partial charge in [0.25, 0.3) is 0 Å². The first-order valence-electron chi connectivity index (χ1n) is 8.26. The van der Waals surface area contributed by atoms with Gasteiger partial charge in [-0.05, 0) is 31.9 Å². The lowest BCUT2D eigenvalue weighted by Gasteiger charge is -2.19. The fourth-order valence-electron chi connectivity index (χ4n) is 3.01. The van der Waals surface area contributed by atoms with Crippen molar-refractivity contribution in [3.63, 3.8) is 0 Å². The van der Waals surface area contributed by atoms with E-state index in [1.54, 1.807) is 0 Å². The van der Waals surface area contributed by atoms with Crippen LogP contribution in [0.1, 0.15) is 27.0 Å². The van der Waals surface area contributed by atoms with Crippen LogP contribution in [0.3, 0.4) is 0 Å². The summed E-state index contributed by atoms with van der Waals surface area (Å²) < 4.78 is 6.04. The van der Waals surface area contributed by atoms with Crippen molar-refractivity contribution in [3.8, 4) is 0 Å². The molecule has 0 bridgehead atoms. The van der Waals surface area contributed by atoms with E-state index in [9.17, 15) is 4.79 Å². The van der Waals surface area contributed by atoms with Crippen LogP contribution in [0, 0.1) is 20.8 Å². The van der Waals surface area contributed by atoms with Crippen LogP contribution in [0.15, 0.2) is 72.8 Å². The molecule has 0 saturated carbocycles. The van der Waals surface area contributed by atoms with Crippen LogP contribution in [0.25, 0.3) is 0 Å². The molecule has 0 aromatic heterocycles. The monoisotopic (exact) mass is 348 g/mol. The van der Waals surface area contributed by atoms with Gasteiger partial charge in [-0.2, -0.15) is 0 Å². The zero-order chi connectivity index (χ0) is 17.8. The van der Waals surface area contributed by atoms with Gasteiger partial charge in [-0.25, -0.2) is 4.79 Å². The Morgan fingerprint density at radius 1 is 0.760 bits per heavy atom. The number of hydrogen-bond acceptors (Lipinski definition) is 2. The van der Waals surface area contributed by atoms with E-state index in [0.29, 0.717) is 5.56 Å². The Hall–Kier alpha value is -2.44. The molecule has 0 atom stereocenters. The van der Waals surface area contributed by atoms with Gasteiger partial charge in [-0.3, -0.25) is 0 Å². The molecule has 0 aliphatic carbocycles. The topological polar surface area (TPSA) is 26.3 Å². The van der Waals surface area contributed by atoms with Gasteiger partial charge >= 0.3 is 5.97 Å². The summed E-state index contributed by atoms with van der Waals surface area (Å²) in [5, 5.41) is 2.05. The lowest BCUT2D eigenvalue weighted by atomic mass is 10.0. The minimum atomic E-state index is -1.20. The maximum absolute atomic E-state index is 12.9. The van der Waals surface area contributed by atoms with Gasteiger partial charge in [0.1, 0.15) is 0 Å². The molecule has 0 amide bonds. The molecule has 0 aliphatic heterocycles. The zero-order valence-corrected chi connectivity index (χ0v) is 15.6. The van der Waals surface area contributed by atoms with Crippen molar-refractivity contribution in [2.45, 2.75) is 20.8 Å². The van der Waals surface area contributed by atoms with E-state index < -0.39 is 8.15 Å². The number of aryl methyl sites for hydroxylation is 3. The van der Waals surface area contributed by atoms with E-state index in [-0.39, 0.29) is 5.97 Å². The Labute approximate surface area is 150 Å². The smallest absolute Gasteiger partial charge is 0.341 e. The Balaban J connectivity index is 1.98. The highest BCUT2D eigenvalue weighted by atomic mass is 31.1. The average Bonchev–Trinajstić information content (AvgIpc) is 2.60. The highest BCUT2D eigenvalue weighted by Gasteiger charge is 2.23. The van der Waals surface area contributed by atoms with E-state index in [2.05, 4.69) is 0 Å². The number of benzene rings is 3. The maximum Gasteiger partial charge on any atom is 0.341 e. The molecule has 0 saturated heterocycles. The molecular formula is C22H21O2P. The molecule has 25 heavy (non-hydrogen) atoms. The van der Waals surface area contributed by atoms with Gasteiger partial charge in [0.2, 0.25) is 0 Å². The average molecular weight is 348 g/mol. The zero-order valence-electron chi connectivity index (χ0n) is 14.7. The molecule has 3 heteroatoms. The Morgan fingerprint density at radius 3 is 1.64 bits per heavy atom. The molecule has 0 heterocycles. The number of hydrogen-bond donors (Lipinski definition) is 0. The quantitative estimate of drug-likeness (QED) is 0.632. The SMILES string of the molecule is Cc1cc(C)c(C(=O)OP(c2ccccc2)c2ccccc2)c(C)c1. The van der Waals surface area contributed by atoms with Crippen LogP contribution in [-0.2, 0) is 4.52 Å². The van der Waals surface area contributed by atoms with Crippen molar-refractivity contribution in [1.82, 2.24) is 0 Å². The minimum Gasteiger partial charge on any atom is -0.431 e.